The van der Waals surface area contributed by atoms with E-state index in [0.717, 1.165) is 10.4 Å². The van der Waals surface area contributed by atoms with Crippen LogP contribution in [0.25, 0.3) is 0 Å². The molecule has 0 spiro atoms. The number of hydrogen-bond acceptors (Lipinski definition) is 4. The summed E-state index contributed by atoms with van der Waals surface area (Å²) in [6, 6.07) is 19.1. The summed E-state index contributed by atoms with van der Waals surface area (Å²) >= 11 is 1.62. The van der Waals surface area contributed by atoms with E-state index < -0.39 is 0 Å². The molecule has 0 saturated heterocycles. The molecule has 0 fully saturated rings. The molecule has 3 rings (SSSR count). The lowest BCUT2D eigenvalue weighted by molar-refractivity contribution is 0.0940. The van der Waals surface area contributed by atoms with Crippen molar-refractivity contribution in [3.05, 3.63) is 82.0 Å². The van der Waals surface area contributed by atoms with E-state index in [1.54, 1.807) is 36.6 Å². The molecule has 0 aliphatic carbocycles. The number of hydrogen-bond donors (Lipinski definition) is 1. The van der Waals surface area contributed by atoms with E-state index in [0.29, 0.717) is 23.7 Å². The molecule has 0 aliphatic heterocycles. The fraction of sp³-hybridized carbons (Fsp3) is 0.190. The highest BCUT2D eigenvalue weighted by molar-refractivity contribution is 7.10. The maximum absolute atomic E-state index is 12.5. The quantitative estimate of drug-likeness (QED) is 0.651. The van der Waals surface area contributed by atoms with Crippen molar-refractivity contribution in [2.75, 3.05) is 7.11 Å². The summed E-state index contributed by atoms with van der Waals surface area (Å²) in [4.78, 5) is 13.6. The number of thiophene rings is 1. The van der Waals surface area contributed by atoms with Gasteiger partial charge in [0.25, 0.3) is 5.91 Å². The van der Waals surface area contributed by atoms with Crippen molar-refractivity contribution in [1.29, 1.82) is 0 Å². The Balaban J connectivity index is 1.68. The fourth-order valence-corrected chi connectivity index (χ4v) is 3.29. The van der Waals surface area contributed by atoms with Crippen molar-refractivity contribution in [3.8, 4) is 11.5 Å². The molecule has 1 unspecified atom stereocenters. The molecular formula is C21H21NO3S. The lowest BCUT2D eigenvalue weighted by Gasteiger charge is -2.15. The van der Waals surface area contributed by atoms with Crippen molar-refractivity contribution in [1.82, 2.24) is 5.32 Å². The van der Waals surface area contributed by atoms with Gasteiger partial charge in [-0.2, -0.15) is 0 Å². The first kappa shape index (κ1) is 18.0. The number of ether oxygens (including phenoxy) is 2. The summed E-state index contributed by atoms with van der Waals surface area (Å²) in [7, 11) is 1.57. The van der Waals surface area contributed by atoms with E-state index in [-0.39, 0.29) is 11.9 Å². The molecule has 3 aromatic rings. The number of methoxy groups -OCH3 is 1. The molecule has 2 aromatic carbocycles. The van der Waals surface area contributed by atoms with Gasteiger partial charge < -0.3 is 14.8 Å². The number of amides is 1. The molecule has 1 amide bonds. The summed E-state index contributed by atoms with van der Waals surface area (Å²) in [6.07, 6.45) is 0. The molecular weight excluding hydrogens is 346 g/mol. The summed E-state index contributed by atoms with van der Waals surface area (Å²) in [6.45, 7) is 2.41. The van der Waals surface area contributed by atoms with Crippen LogP contribution in [0.15, 0.2) is 66.0 Å². The number of benzene rings is 2. The first-order valence-corrected chi connectivity index (χ1v) is 9.24. The van der Waals surface area contributed by atoms with Crippen molar-refractivity contribution in [2.45, 2.75) is 19.6 Å². The molecule has 0 saturated carbocycles. The van der Waals surface area contributed by atoms with Gasteiger partial charge in [-0.05, 0) is 42.1 Å². The third kappa shape index (κ3) is 4.43. The first-order valence-electron chi connectivity index (χ1n) is 8.36. The topological polar surface area (TPSA) is 47.6 Å². The SMILES string of the molecule is COc1cc(C(=O)NC(C)c2cccs2)ccc1OCc1ccccc1. The molecule has 1 atom stereocenters. The molecule has 4 nitrogen and oxygen atoms in total. The lowest BCUT2D eigenvalue weighted by Crippen LogP contribution is -2.26. The van der Waals surface area contributed by atoms with E-state index in [9.17, 15) is 4.79 Å². The first-order chi connectivity index (χ1) is 12.7. The van der Waals surface area contributed by atoms with Gasteiger partial charge in [-0.15, -0.1) is 11.3 Å². The zero-order chi connectivity index (χ0) is 18.4. The number of carbonyl (C=O) groups is 1. The number of nitrogens with one attached hydrogen (secondary N) is 1. The monoisotopic (exact) mass is 367 g/mol. The lowest BCUT2D eigenvalue weighted by atomic mass is 10.1. The standard InChI is InChI=1S/C21H21NO3S/c1-15(20-9-6-12-26-20)22-21(23)17-10-11-18(19(13-17)24-2)25-14-16-7-4-3-5-8-16/h3-13,15H,14H2,1-2H3,(H,22,23). The van der Waals surface area contributed by atoms with Crippen LogP contribution in [-0.4, -0.2) is 13.0 Å². The van der Waals surface area contributed by atoms with Gasteiger partial charge in [-0.1, -0.05) is 36.4 Å². The molecule has 0 bridgehead atoms. The Bertz CT molecular complexity index is 847. The van der Waals surface area contributed by atoms with Crippen molar-refractivity contribution in [3.63, 3.8) is 0 Å². The predicted molar refractivity (Wildman–Crippen MR) is 104 cm³/mol. The summed E-state index contributed by atoms with van der Waals surface area (Å²) in [5, 5.41) is 5.00. The van der Waals surface area contributed by atoms with Gasteiger partial charge >= 0.3 is 0 Å². The Morgan fingerprint density at radius 2 is 1.88 bits per heavy atom. The number of carbonyl (C=O) groups excluding carboxylic acids is 1. The largest absolute Gasteiger partial charge is 0.493 e. The highest BCUT2D eigenvalue weighted by Gasteiger charge is 2.15. The van der Waals surface area contributed by atoms with E-state index in [1.807, 2.05) is 54.8 Å². The molecule has 26 heavy (non-hydrogen) atoms. The van der Waals surface area contributed by atoms with Crippen LogP contribution in [0.5, 0.6) is 11.5 Å². The van der Waals surface area contributed by atoms with Crippen LogP contribution in [-0.2, 0) is 6.61 Å². The van der Waals surface area contributed by atoms with Crippen molar-refractivity contribution in [2.24, 2.45) is 0 Å². The minimum Gasteiger partial charge on any atom is -0.493 e. The molecule has 1 heterocycles. The second kappa shape index (κ2) is 8.54. The van der Waals surface area contributed by atoms with Gasteiger partial charge in [0.1, 0.15) is 6.61 Å². The second-order valence-electron chi connectivity index (χ2n) is 5.85. The number of rotatable bonds is 7. The summed E-state index contributed by atoms with van der Waals surface area (Å²) in [5.41, 5.74) is 1.61. The van der Waals surface area contributed by atoms with Gasteiger partial charge in [0, 0.05) is 10.4 Å². The van der Waals surface area contributed by atoms with Gasteiger partial charge in [-0.25, -0.2) is 0 Å². The molecule has 0 radical (unpaired) electrons. The highest BCUT2D eigenvalue weighted by Crippen LogP contribution is 2.29. The molecule has 1 aromatic heterocycles. The normalized spacial score (nSPS) is 11.6. The second-order valence-corrected chi connectivity index (χ2v) is 6.83. The van der Waals surface area contributed by atoms with Gasteiger partial charge in [-0.3, -0.25) is 4.79 Å². The average Bonchev–Trinajstić information content (AvgIpc) is 3.22. The van der Waals surface area contributed by atoms with E-state index in [2.05, 4.69) is 5.32 Å². The highest BCUT2D eigenvalue weighted by atomic mass is 32.1. The predicted octanol–water partition coefficient (Wildman–Crippen LogP) is 4.83. The van der Waals surface area contributed by atoms with Gasteiger partial charge in [0.2, 0.25) is 0 Å². The van der Waals surface area contributed by atoms with Crippen LogP contribution < -0.4 is 14.8 Å². The van der Waals surface area contributed by atoms with Crippen LogP contribution in [0, 0.1) is 0 Å². The maximum atomic E-state index is 12.5. The summed E-state index contributed by atoms with van der Waals surface area (Å²) in [5.74, 6) is 1.01. The zero-order valence-corrected chi connectivity index (χ0v) is 15.6. The van der Waals surface area contributed by atoms with Crippen LogP contribution in [0.3, 0.4) is 0 Å². The van der Waals surface area contributed by atoms with Crippen molar-refractivity contribution >= 4 is 17.2 Å². The Kier molecular flexibility index (Phi) is 5.92. The smallest absolute Gasteiger partial charge is 0.251 e. The molecule has 134 valence electrons. The Morgan fingerprint density at radius 1 is 1.08 bits per heavy atom. The Labute approximate surface area is 157 Å². The van der Waals surface area contributed by atoms with Crippen LogP contribution in [0.4, 0.5) is 0 Å². The third-order valence-electron chi connectivity index (χ3n) is 3.98. The van der Waals surface area contributed by atoms with Crippen LogP contribution >= 0.6 is 11.3 Å². The molecule has 5 heteroatoms. The van der Waals surface area contributed by atoms with Gasteiger partial charge in [0.15, 0.2) is 11.5 Å². The Morgan fingerprint density at radius 3 is 2.58 bits per heavy atom. The molecule has 0 aliphatic rings. The maximum Gasteiger partial charge on any atom is 0.251 e. The van der Waals surface area contributed by atoms with Gasteiger partial charge in [0.05, 0.1) is 13.2 Å². The minimum absolute atomic E-state index is 0.0393. The van der Waals surface area contributed by atoms with E-state index in [4.69, 9.17) is 9.47 Å². The fourth-order valence-electron chi connectivity index (χ4n) is 2.55. The average molecular weight is 367 g/mol. The summed E-state index contributed by atoms with van der Waals surface area (Å²) < 4.78 is 11.2. The van der Waals surface area contributed by atoms with E-state index >= 15 is 0 Å². The zero-order valence-electron chi connectivity index (χ0n) is 14.8. The third-order valence-corrected chi connectivity index (χ3v) is 5.04. The van der Waals surface area contributed by atoms with Crippen molar-refractivity contribution < 1.29 is 14.3 Å². The van der Waals surface area contributed by atoms with E-state index in [1.165, 1.54) is 0 Å². The minimum atomic E-state index is -0.140. The van der Waals surface area contributed by atoms with Crippen LogP contribution in [0.1, 0.15) is 33.8 Å². The Hall–Kier alpha value is -2.79. The molecule has 1 N–H and O–H groups in total. The van der Waals surface area contributed by atoms with Crippen LogP contribution in [0.2, 0.25) is 0 Å².